The smallest absolute Gasteiger partial charge is 0.254 e. The van der Waals surface area contributed by atoms with E-state index in [1.807, 2.05) is 42.2 Å². The highest BCUT2D eigenvalue weighted by Gasteiger charge is 2.17. The van der Waals surface area contributed by atoms with Gasteiger partial charge < -0.3 is 15.4 Å². The number of carbonyl (C=O) groups excluding carboxylic acids is 1. The molecule has 0 heterocycles. The lowest BCUT2D eigenvalue weighted by Gasteiger charge is -2.23. The van der Waals surface area contributed by atoms with E-state index in [1.54, 1.807) is 13.2 Å². The molecule has 0 unspecified atom stereocenters. The summed E-state index contributed by atoms with van der Waals surface area (Å²) in [5, 5.41) is 0. The Hall–Kier alpha value is -2.33. The van der Waals surface area contributed by atoms with Gasteiger partial charge in [0.15, 0.2) is 0 Å². The number of rotatable bonds is 8. The summed E-state index contributed by atoms with van der Waals surface area (Å²) in [6.07, 6.45) is 1.87. The molecule has 128 valence electrons. The Kier molecular flexibility index (Phi) is 6.82. The summed E-state index contributed by atoms with van der Waals surface area (Å²) < 4.78 is 5.16. The molecule has 0 aromatic heterocycles. The summed E-state index contributed by atoms with van der Waals surface area (Å²) >= 11 is 0. The number of nitrogen functional groups attached to an aromatic ring is 1. The molecule has 2 aromatic carbocycles. The third kappa shape index (κ3) is 5.10. The van der Waals surface area contributed by atoms with Gasteiger partial charge in [-0.2, -0.15) is 0 Å². The summed E-state index contributed by atoms with van der Waals surface area (Å²) in [6.45, 7) is 3.74. The Morgan fingerprint density at radius 2 is 1.88 bits per heavy atom. The highest BCUT2D eigenvalue weighted by molar-refractivity contribution is 5.96. The molecule has 0 saturated carbocycles. The molecular formula is C20H26N2O2. The van der Waals surface area contributed by atoms with Crippen molar-refractivity contribution in [3.8, 4) is 0 Å². The third-order valence-electron chi connectivity index (χ3n) is 4.08. The number of nitrogens with zero attached hydrogens (tertiary/aromatic N) is 1. The quantitative estimate of drug-likeness (QED) is 0.757. The van der Waals surface area contributed by atoms with E-state index in [4.69, 9.17) is 10.5 Å². The maximum absolute atomic E-state index is 12.9. The standard InChI is InChI=1S/C20H26N2O2/c1-16-10-11-18(21)15-19(16)20(23)22(13-14-24-2)12-6-9-17-7-4-3-5-8-17/h3-5,7-8,10-11,15H,6,9,12-14,21H2,1-2H3. The van der Waals surface area contributed by atoms with Gasteiger partial charge in [-0.1, -0.05) is 36.4 Å². The van der Waals surface area contributed by atoms with Crippen molar-refractivity contribution >= 4 is 11.6 Å². The molecule has 1 amide bonds. The van der Waals surface area contributed by atoms with Gasteiger partial charge in [0, 0.05) is 31.5 Å². The number of aryl methyl sites for hydroxylation is 2. The van der Waals surface area contributed by atoms with E-state index in [9.17, 15) is 4.79 Å². The zero-order chi connectivity index (χ0) is 17.4. The number of hydrogen-bond donors (Lipinski definition) is 1. The van der Waals surface area contributed by atoms with Gasteiger partial charge in [-0.25, -0.2) is 0 Å². The molecule has 0 spiro atoms. The van der Waals surface area contributed by atoms with Crippen molar-refractivity contribution in [3.63, 3.8) is 0 Å². The Morgan fingerprint density at radius 1 is 1.12 bits per heavy atom. The summed E-state index contributed by atoms with van der Waals surface area (Å²) in [7, 11) is 1.65. The highest BCUT2D eigenvalue weighted by atomic mass is 16.5. The molecule has 0 aliphatic rings. The Labute approximate surface area is 144 Å². The second kappa shape index (κ2) is 9.08. The fourth-order valence-corrected chi connectivity index (χ4v) is 2.68. The maximum atomic E-state index is 12.9. The topological polar surface area (TPSA) is 55.6 Å². The lowest BCUT2D eigenvalue weighted by Crippen LogP contribution is -2.35. The number of nitrogens with two attached hydrogens (primary N) is 1. The van der Waals surface area contributed by atoms with Gasteiger partial charge in [0.2, 0.25) is 0 Å². The molecule has 4 nitrogen and oxygen atoms in total. The van der Waals surface area contributed by atoms with Crippen LogP contribution in [-0.4, -0.2) is 37.6 Å². The van der Waals surface area contributed by atoms with Crippen LogP contribution in [0, 0.1) is 6.92 Å². The van der Waals surface area contributed by atoms with Crippen LogP contribution in [0.4, 0.5) is 5.69 Å². The van der Waals surface area contributed by atoms with Crippen molar-refractivity contribution in [3.05, 3.63) is 65.2 Å². The van der Waals surface area contributed by atoms with Crippen molar-refractivity contribution in [1.29, 1.82) is 0 Å². The second-order valence-electron chi connectivity index (χ2n) is 5.95. The van der Waals surface area contributed by atoms with Crippen molar-refractivity contribution < 1.29 is 9.53 Å². The van der Waals surface area contributed by atoms with Crippen LogP contribution in [0.3, 0.4) is 0 Å². The number of amides is 1. The van der Waals surface area contributed by atoms with Gasteiger partial charge in [-0.15, -0.1) is 0 Å². The number of ether oxygens (including phenoxy) is 1. The van der Waals surface area contributed by atoms with Gasteiger partial charge in [0.25, 0.3) is 5.91 Å². The number of benzene rings is 2. The van der Waals surface area contributed by atoms with Crippen molar-refractivity contribution in [1.82, 2.24) is 4.90 Å². The van der Waals surface area contributed by atoms with Gasteiger partial charge in [0.1, 0.15) is 0 Å². The van der Waals surface area contributed by atoms with Crippen molar-refractivity contribution in [2.24, 2.45) is 0 Å². The van der Waals surface area contributed by atoms with E-state index in [1.165, 1.54) is 5.56 Å². The molecule has 2 N–H and O–H groups in total. The lowest BCUT2D eigenvalue weighted by atomic mass is 10.1. The average Bonchev–Trinajstić information content (AvgIpc) is 2.60. The molecular weight excluding hydrogens is 300 g/mol. The van der Waals surface area contributed by atoms with Crippen LogP contribution in [-0.2, 0) is 11.2 Å². The Balaban J connectivity index is 2.03. The van der Waals surface area contributed by atoms with E-state index in [0.29, 0.717) is 30.9 Å². The molecule has 0 atom stereocenters. The molecule has 4 heteroatoms. The molecule has 0 saturated heterocycles. The first-order valence-corrected chi connectivity index (χ1v) is 8.30. The van der Waals surface area contributed by atoms with Crippen molar-refractivity contribution in [2.75, 3.05) is 32.5 Å². The minimum atomic E-state index is 0.0184. The molecule has 0 fully saturated rings. The lowest BCUT2D eigenvalue weighted by molar-refractivity contribution is 0.0692. The Morgan fingerprint density at radius 3 is 2.58 bits per heavy atom. The summed E-state index contributed by atoms with van der Waals surface area (Å²) in [5.74, 6) is 0.0184. The first kappa shape index (κ1) is 18.0. The minimum absolute atomic E-state index is 0.0184. The van der Waals surface area contributed by atoms with Crippen LogP contribution >= 0.6 is 0 Å². The van der Waals surface area contributed by atoms with Crippen LogP contribution in [0.25, 0.3) is 0 Å². The average molecular weight is 326 g/mol. The van der Waals surface area contributed by atoms with Gasteiger partial charge in [0.05, 0.1) is 6.61 Å². The largest absolute Gasteiger partial charge is 0.399 e. The summed E-state index contributed by atoms with van der Waals surface area (Å²) in [5.41, 5.74) is 9.36. The molecule has 0 radical (unpaired) electrons. The molecule has 0 aliphatic carbocycles. The number of carbonyl (C=O) groups is 1. The SMILES string of the molecule is COCCN(CCCc1ccccc1)C(=O)c1cc(N)ccc1C. The number of hydrogen-bond acceptors (Lipinski definition) is 3. The van der Waals surface area contributed by atoms with Crippen LogP contribution in [0.5, 0.6) is 0 Å². The van der Waals surface area contributed by atoms with Crippen LogP contribution in [0.2, 0.25) is 0 Å². The zero-order valence-electron chi connectivity index (χ0n) is 14.5. The van der Waals surface area contributed by atoms with Gasteiger partial charge >= 0.3 is 0 Å². The van der Waals surface area contributed by atoms with Crippen LogP contribution in [0.15, 0.2) is 48.5 Å². The van der Waals surface area contributed by atoms with E-state index >= 15 is 0 Å². The molecule has 24 heavy (non-hydrogen) atoms. The predicted molar refractivity (Wildman–Crippen MR) is 98.1 cm³/mol. The monoisotopic (exact) mass is 326 g/mol. The second-order valence-corrected chi connectivity index (χ2v) is 5.95. The third-order valence-corrected chi connectivity index (χ3v) is 4.08. The highest BCUT2D eigenvalue weighted by Crippen LogP contribution is 2.16. The molecule has 2 aromatic rings. The molecule has 0 aliphatic heterocycles. The van der Waals surface area contributed by atoms with Crippen LogP contribution in [0.1, 0.15) is 27.9 Å². The van der Waals surface area contributed by atoms with E-state index in [2.05, 4.69) is 12.1 Å². The van der Waals surface area contributed by atoms with E-state index in [0.717, 1.165) is 18.4 Å². The van der Waals surface area contributed by atoms with Crippen LogP contribution < -0.4 is 5.73 Å². The van der Waals surface area contributed by atoms with Gasteiger partial charge in [-0.3, -0.25) is 4.79 Å². The first-order valence-electron chi connectivity index (χ1n) is 8.30. The maximum Gasteiger partial charge on any atom is 0.254 e. The fourth-order valence-electron chi connectivity index (χ4n) is 2.68. The van der Waals surface area contributed by atoms with E-state index in [-0.39, 0.29) is 5.91 Å². The molecule has 0 bridgehead atoms. The minimum Gasteiger partial charge on any atom is -0.399 e. The normalized spacial score (nSPS) is 10.6. The number of anilines is 1. The van der Waals surface area contributed by atoms with E-state index < -0.39 is 0 Å². The molecule has 2 rings (SSSR count). The van der Waals surface area contributed by atoms with Crippen molar-refractivity contribution in [2.45, 2.75) is 19.8 Å². The summed E-state index contributed by atoms with van der Waals surface area (Å²) in [6, 6.07) is 15.8. The zero-order valence-corrected chi connectivity index (χ0v) is 14.5. The number of methoxy groups -OCH3 is 1. The van der Waals surface area contributed by atoms with Gasteiger partial charge in [-0.05, 0) is 43.0 Å². The Bertz CT molecular complexity index is 656. The fraction of sp³-hybridized carbons (Fsp3) is 0.350. The first-order chi connectivity index (χ1) is 11.6. The summed E-state index contributed by atoms with van der Waals surface area (Å²) in [4.78, 5) is 14.7. The predicted octanol–water partition coefficient (Wildman–Crippen LogP) is 3.30.